The second-order valence-electron chi connectivity index (χ2n) is 13.3. The van der Waals surface area contributed by atoms with Gasteiger partial charge in [0.05, 0.1) is 14.2 Å². The molecule has 0 radical (unpaired) electrons. The van der Waals surface area contributed by atoms with Gasteiger partial charge in [-0.1, -0.05) is 12.1 Å². The van der Waals surface area contributed by atoms with Crippen LogP contribution in [0.25, 0.3) is 12.2 Å². The average molecular weight is 863 g/mol. The van der Waals surface area contributed by atoms with Crippen molar-refractivity contribution in [1.29, 1.82) is 0 Å². The van der Waals surface area contributed by atoms with Crippen molar-refractivity contribution in [2.24, 2.45) is 0 Å². The van der Waals surface area contributed by atoms with Gasteiger partial charge >= 0.3 is 35.8 Å². The van der Waals surface area contributed by atoms with E-state index in [1.807, 2.05) is 0 Å². The Kier molecular flexibility index (Phi) is 16.6. The summed E-state index contributed by atoms with van der Waals surface area (Å²) in [6.45, 7) is 1.41. The summed E-state index contributed by atoms with van der Waals surface area (Å²) in [4.78, 5) is 75.0. The number of phenolic OH excluding ortho intramolecular Hbond substituents is 2. The maximum Gasteiger partial charge on any atom is 0.331 e. The number of carbonyl (C=O) groups excluding carboxylic acids is 6. The highest BCUT2D eigenvalue weighted by molar-refractivity contribution is 5.88. The van der Waals surface area contributed by atoms with Crippen molar-refractivity contribution >= 4 is 48.0 Å². The van der Waals surface area contributed by atoms with Gasteiger partial charge < -0.3 is 72.5 Å². The molecule has 4 rings (SSSR count). The standard InChI is InChI=1S/C40H46O21/c1-20(42)53-18-31-35(55-21(2)43)36(56-22(3)44)37(57-23(4)45)39(58-31)61-40(19-41)38(59-33(49)14-10-25-8-12-27(47)29(16-25)52-6)34(50)30(60-40)17-54-32(48)13-9-24-7-11-26(46)28(15-24)51-5/h7-16,30-31,34-39,41,46-47,50H,17-19H2,1-6H3/t30-,31-,34-,35-,36+,37-,38+,39-,40+/m1/s1. The van der Waals surface area contributed by atoms with E-state index >= 15 is 0 Å². The maximum absolute atomic E-state index is 13.4. The van der Waals surface area contributed by atoms with E-state index in [0.29, 0.717) is 11.1 Å². The number of carbonyl (C=O) groups is 6. The fourth-order valence-electron chi connectivity index (χ4n) is 6.18. The van der Waals surface area contributed by atoms with Crippen LogP contribution in [0.2, 0.25) is 0 Å². The molecule has 61 heavy (non-hydrogen) atoms. The van der Waals surface area contributed by atoms with E-state index in [1.165, 1.54) is 62.8 Å². The summed E-state index contributed by atoms with van der Waals surface area (Å²) in [5.41, 5.74) is 0.799. The molecule has 0 bridgehead atoms. The monoisotopic (exact) mass is 862 g/mol. The molecule has 332 valence electrons. The zero-order valence-electron chi connectivity index (χ0n) is 33.7. The van der Waals surface area contributed by atoms with Crippen LogP contribution in [0.3, 0.4) is 0 Å². The van der Waals surface area contributed by atoms with Gasteiger partial charge in [-0.15, -0.1) is 0 Å². The highest BCUT2D eigenvalue weighted by Crippen LogP contribution is 2.40. The number of benzene rings is 2. The van der Waals surface area contributed by atoms with E-state index in [2.05, 4.69) is 0 Å². The van der Waals surface area contributed by atoms with Crippen LogP contribution in [0, 0.1) is 0 Å². The molecule has 21 nitrogen and oxygen atoms in total. The van der Waals surface area contributed by atoms with Gasteiger partial charge in [-0.2, -0.15) is 0 Å². The van der Waals surface area contributed by atoms with Crippen molar-refractivity contribution in [3.63, 3.8) is 0 Å². The Hall–Kier alpha value is -6.26. The van der Waals surface area contributed by atoms with Crippen molar-refractivity contribution in [2.45, 2.75) is 82.5 Å². The van der Waals surface area contributed by atoms with Crippen LogP contribution in [-0.2, 0) is 71.4 Å². The summed E-state index contributed by atoms with van der Waals surface area (Å²) in [6, 6.07) is 8.41. The second kappa shape index (κ2) is 21.3. The lowest BCUT2D eigenvalue weighted by atomic mass is 9.97. The predicted octanol–water partition coefficient (Wildman–Crippen LogP) is 0.845. The minimum Gasteiger partial charge on any atom is -0.504 e. The molecule has 2 aliphatic heterocycles. The SMILES string of the molecule is COc1cc(C=CC(=O)OC[C@H]2O[C@@](CO)(O[C@H]3O[C@H](COC(C)=O)[C@@H](OC(C)=O)[C@H](OC(C)=O)[C@H]3OC(C)=O)[C@@H](OC(=O)C=Cc3ccc(O)c(OC)c3)[C@@H]2O)ccc1O. The summed E-state index contributed by atoms with van der Waals surface area (Å²) in [6.07, 6.45) is -9.71. The molecule has 0 aliphatic carbocycles. The first-order chi connectivity index (χ1) is 28.9. The Morgan fingerprint density at radius 2 is 1.18 bits per heavy atom. The third kappa shape index (κ3) is 12.6. The van der Waals surface area contributed by atoms with Crippen LogP contribution < -0.4 is 9.47 Å². The lowest BCUT2D eigenvalue weighted by Crippen LogP contribution is -2.65. The Bertz CT molecular complexity index is 1980. The highest BCUT2D eigenvalue weighted by Gasteiger charge is 2.62. The number of methoxy groups -OCH3 is 2. The van der Waals surface area contributed by atoms with E-state index in [1.54, 1.807) is 0 Å². The number of ether oxygens (including phenoxy) is 11. The van der Waals surface area contributed by atoms with Gasteiger partial charge in [-0.05, 0) is 47.5 Å². The van der Waals surface area contributed by atoms with E-state index in [9.17, 15) is 49.2 Å². The van der Waals surface area contributed by atoms with E-state index in [-0.39, 0.29) is 23.0 Å². The van der Waals surface area contributed by atoms with Crippen LogP contribution in [0.4, 0.5) is 0 Å². The lowest BCUT2D eigenvalue weighted by molar-refractivity contribution is -0.384. The van der Waals surface area contributed by atoms with Crippen molar-refractivity contribution in [3.05, 3.63) is 59.7 Å². The number of esters is 6. The van der Waals surface area contributed by atoms with Crippen molar-refractivity contribution < 1.29 is 101 Å². The first-order valence-corrected chi connectivity index (χ1v) is 18.3. The van der Waals surface area contributed by atoms with Gasteiger partial charge in [0, 0.05) is 39.8 Å². The molecular weight excluding hydrogens is 816 g/mol. The molecule has 9 atom stereocenters. The maximum atomic E-state index is 13.4. The zero-order valence-corrected chi connectivity index (χ0v) is 33.7. The van der Waals surface area contributed by atoms with Gasteiger partial charge in [0.25, 0.3) is 0 Å². The quantitative estimate of drug-likeness (QED) is 0.0974. The molecule has 2 heterocycles. The van der Waals surface area contributed by atoms with Gasteiger partial charge in [0.2, 0.25) is 12.1 Å². The highest BCUT2D eigenvalue weighted by atomic mass is 16.8. The van der Waals surface area contributed by atoms with Crippen LogP contribution in [-0.4, -0.2) is 145 Å². The summed E-state index contributed by atoms with van der Waals surface area (Å²) in [5, 5.41) is 42.3. The average Bonchev–Trinajstić information content (AvgIpc) is 3.46. The fourth-order valence-corrected chi connectivity index (χ4v) is 6.18. The molecular formula is C40H46O21. The van der Waals surface area contributed by atoms with E-state index < -0.39 is 110 Å². The number of aliphatic hydroxyl groups excluding tert-OH is 2. The molecule has 0 saturated carbocycles. The van der Waals surface area contributed by atoms with Gasteiger partial charge in [0.1, 0.15) is 38.1 Å². The van der Waals surface area contributed by atoms with Crippen molar-refractivity contribution in [1.82, 2.24) is 0 Å². The fraction of sp³-hybridized carbons (Fsp3) is 0.450. The number of aliphatic hydroxyl groups is 2. The Morgan fingerprint density at radius 1 is 0.672 bits per heavy atom. The van der Waals surface area contributed by atoms with Crippen molar-refractivity contribution in [2.75, 3.05) is 34.0 Å². The van der Waals surface area contributed by atoms with Gasteiger partial charge in [-0.25, -0.2) is 9.59 Å². The Morgan fingerprint density at radius 3 is 1.69 bits per heavy atom. The number of phenols is 2. The molecule has 0 aromatic heterocycles. The predicted molar refractivity (Wildman–Crippen MR) is 202 cm³/mol. The number of rotatable bonds is 17. The summed E-state index contributed by atoms with van der Waals surface area (Å²) in [5.74, 6) is -8.52. The first kappa shape index (κ1) is 47.4. The minimum absolute atomic E-state index is 0.0858. The molecule has 2 aliphatic rings. The van der Waals surface area contributed by atoms with Gasteiger partial charge in [-0.3, -0.25) is 19.2 Å². The summed E-state index contributed by atoms with van der Waals surface area (Å²) < 4.78 is 60.5. The topological polar surface area (TPSA) is 285 Å². The normalized spacial score (nSPS) is 26.0. The van der Waals surface area contributed by atoms with Crippen LogP contribution in [0.15, 0.2) is 48.6 Å². The molecule has 0 unspecified atom stereocenters. The molecule has 0 spiro atoms. The van der Waals surface area contributed by atoms with Crippen LogP contribution in [0.5, 0.6) is 23.0 Å². The lowest BCUT2D eigenvalue weighted by Gasteiger charge is -2.46. The second-order valence-corrected chi connectivity index (χ2v) is 13.3. The third-order valence-corrected chi connectivity index (χ3v) is 8.82. The van der Waals surface area contributed by atoms with E-state index in [0.717, 1.165) is 39.8 Å². The molecule has 2 aromatic carbocycles. The number of aromatic hydroxyl groups is 2. The van der Waals surface area contributed by atoms with Crippen LogP contribution >= 0.6 is 0 Å². The molecule has 2 fully saturated rings. The molecule has 2 saturated heterocycles. The Labute approximate surface area is 348 Å². The van der Waals surface area contributed by atoms with E-state index in [4.69, 9.17) is 52.1 Å². The first-order valence-electron chi connectivity index (χ1n) is 18.3. The van der Waals surface area contributed by atoms with Gasteiger partial charge in [0.15, 0.2) is 47.4 Å². The third-order valence-electron chi connectivity index (χ3n) is 8.82. The van der Waals surface area contributed by atoms with Crippen molar-refractivity contribution in [3.8, 4) is 23.0 Å². The molecule has 0 amide bonds. The molecule has 2 aromatic rings. The summed E-state index contributed by atoms with van der Waals surface area (Å²) in [7, 11) is 2.65. The Balaban J connectivity index is 1.71. The molecule has 21 heteroatoms. The largest absolute Gasteiger partial charge is 0.504 e. The number of hydrogen-bond acceptors (Lipinski definition) is 21. The smallest absolute Gasteiger partial charge is 0.331 e. The zero-order chi connectivity index (χ0) is 45.0. The van der Waals surface area contributed by atoms with Crippen LogP contribution in [0.1, 0.15) is 38.8 Å². The summed E-state index contributed by atoms with van der Waals surface area (Å²) >= 11 is 0. The minimum atomic E-state index is -2.66. The number of hydrogen-bond donors (Lipinski definition) is 4. The molecule has 4 N–H and O–H groups in total.